The Labute approximate surface area is 152 Å². The molecule has 5 nitrogen and oxygen atoms in total. The molecule has 6 heteroatoms. The minimum absolute atomic E-state index is 0.166. The maximum atomic E-state index is 12.7. The van der Waals surface area contributed by atoms with E-state index in [1.54, 1.807) is 36.6 Å². The second-order valence-electron chi connectivity index (χ2n) is 5.71. The van der Waals surface area contributed by atoms with Gasteiger partial charge in [0.05, 0.1) is 17.7 Å². The van der Waals surface area contributed by atoms with Crippen LogP contribution < -0.4 is 15.4 Å². The summed E-state index contributed by atoms with van der Waals surface area (Å²) in [5, 5.41) is 5.60. The number of hydrogen-bond donors (Lipinski definition) is 2. The molecule has 0 saturated carbocycles. The van der Waals surface area contributed by atoms with Gasteiger partial charge in [-0.1, -0.05) is 20.3 Å². The van der Waals surface area contributed by atoms with Gasteiger partial charge in [-0.25, -0.2) is 0 Å². The van der Waals surface area contributed by atoms with E-state index in [0.717, 1.165) is 19.3 Å². The number of carbonyl (C=O) groups excluding carboxylic acids is 2. The minimum Gasteiger partial charge on any atom is -0.495 e. The Morgan fingerprint density at radius 1 is 1.16 bits per heavy atom. The number of nitrogens with one attached hydrogen (secondary N) is 2. The van der Waals surface area contributed by atoms with Gasteiger partial charge >= 0.3 is 0 Å². The van der Waals surface area contributed by atoms with E-state index in [1.807, 2.05) is 6.07 Å². The van der Waals surface area contributed by atoms with Crippen LogP contribution in [0.25, 0.3) is 0 Å². The second-order valence-corrected chi connectivity index (χ2v) is 6.85. The lowest BCUT2D eigenvalue weighted by molar-refractivity contribution is -0.114. The average molecular weight is 360 g/mol. The third-order valence-electron chi connectivity index (χ3n) is 3.75. The monoisotopic (exact) mass is 360 g/mol. The lowest BCUT2D eigenvalue weighted by Crippen LogP contribution is -2.12. The number of carbonyl (C=O) groups is 2. The molecule has 0 aliphatic rings. The first-order chi connectivity index (χ1) is 12.0. The summed E-state index contributed by atoms with van der Waals surface area (Å²) in [5.74, 6) is 0.210. The van der Waals surface area contributed by atoms with Crippen LogP contribution in [-0.4, -0.2) is 18.9 Å². The third-order valence-corrected chi connectivity index (χ3v) is 4.98. The van der Waals surface area contributed by atoms with E-state index < -0.39 is 0 Å². The van der Waals surface area contributed by atoms with Gasteiger partial charge in [-0.05, 0) is 42.7 Å². The zero-order valence-corrected chi connectivity index (χ0v) is 15.9. The van der Waals surface area contributed by atoms with Crippen LogP contribution in [0.1, 0.15) is 47.3 Å². The van der Waals surface area contributed by atoms with Crippen LogP contribution in [0, 0.1) is 0 Å². The number of methoxy groups -OCH3 is 1. The molecule has 0 radical (unpaired) electrons. The molecule has 2 N–H and O–H groups in total. The van der Waals surface area contributed by atoms with Crippen molar-refractivity contribution < 1.29 is 14.3 Å². The van der Waals surface area contributed by atoms with Crippen LogP contribution in [0.3, 0.4) is 0 Å². The van der Waals surface area contributed by atoms with Crippen LogP contribution in [0.15, 0.2) is 24.3 Å². The molecule has 25 heavy (non-hydrogen) atoms. The van der Waals surface area contributed by atoms with E-state index in [9.17, 15) is 9.59 Å². The Hall–Kier alpha value is -2.34. The van der Waals surface area contributed by atoms with Gasteiger partial charge in [0.2, 0.25) is 5.91 Å². The Bertz CT molecular complexity index is 768. The summed E-state index contributed by atoms with van der Waals surface area (Å²) < 4.78 is 5.31. The lowest BCUT2D eigenvalue weighted by atomic mass is 10.1. The smallest absolute Gasteiger partial charge is 0.265 e. The Morgan fingerprint density at radius 3 is 2.52 bits per heavy atom. The molecule has 1 aromatic heterocycles. The minimum atomic E-state index is -0.169. The molecular weight excluding hydrogens is 336 g/mol. The highest BCUT2D eigenvalue weighted by Gasteiger charge is 2.16. The fourth-order valence-electron chi connectivity index (χ4n) is 2.59. The van der Waals surface area contributed by atoms with Gasteiger partial charge < -0.3 is 15.4 Å². The summed E-state index contributed by atoms with van der Waals surface area (Å²) in [6.45, 7) is 5.68. The number of hydrogen-bond acceptors (Lipinski definition) is 4. The summed E-state index contributed by atoms with van der Waals surface area (Å²) in [4.78, 5) is 25.8. The van der Waals surface area contributed by atoms with Crippen molar-refractivity contribution in [3.8, 4) is 5.75 Å². The van der Waals surface area contributed by atoms with Gasteiger partial charge in [0, 0.05) is 17.5 Å². The molecule has 0 aliphatic heterocycles. The molecule has 0 unspecified atom stereocenters. The Balaban J connectivity index is 2.25. The standard InChI is InChI=1S/C19H24N2O3S/c1-5-7-17-13(6-2)10-18(25-17)19(23)21-15-11-14(20-12(3)22)8-9-16(15)24-4/h8-11H,5-7H2,1-4H3,(H,20,22)(H,21,23). The summed E-state index contributed by atoms with van der Waals surface area (Å²) in [6, 6.07) is 7.11. The molecule has 0 atom stereocenters. The van der Waals surface area contributed by atoms with E-state index in [4.69, 9.17) is 4.74 Å². The molecule has 2 rings (SSSR count). The quantitative estimate of drug-likeness (QED) is 0.765. The van der Waals surface area contributed by atoms with E-state index in [2.05, 4.69) is 24.5 Å². The van der Waals surface area contributed by atoms with Crippen molar-refractivity contribution in [1.82, 2.24) is 0 Å². The molecule has 0 aliphatic carbocycles. The van der Waals surface area contributed by atoms with Crippen molar-refractivity contribution in [2.75, 3.05) is 17.7 Å². The molecule has 2 aromatic rings. The van der Waals surface area contributed by atoms with Crippen molar-refractivity contribution in [3.63, 3.8) is 0 Å². The molecular formula is C19H24N2O3S. The summed E-state index contributed by atoms with van der Waals surface area (Å²) >= 11 is 1.54. The molecule has 0 fully saturated rings. The number of aryl methyl sites for hydroxylation is 2. The van der Waals surface area contributed by atoms with Gasteiger partial charge in [-0.2, -0.15) is 0 Å². The maximum Gasteiger partial charge on any atom is 0.265 e. The first kappa shape index (κ1) is 19.0. The molecule has 0 bridgehead atoms. The zero-order valence-electron chi connectivity index (χ0n) is 15.1. The molecule has 0 spiro atoms. The van der Waals surface area contributed by atoms with Gasteiger partial charge in [0.15, 0.2) is 0 Å². The van der Waals surface area contributed by atoms with Gasteiger partial charge in [-0.15, -0.1) is 11.3 Å². The van der Waals surface area contributed by atoms with Crippen molar-refractivity contribution in [1.29, 1.82) is 0 Å². The van der Waals surface area contributed by atoms with Gasteiger partial charge in [-0.3, -0.25) is 9.59 Å². The Kier molecular flexibility index (Phi) is 6.58. The van der Waals surface area contributed by atoms with E-state index in [0.29, 0.717) is 22.0 Å². The van der Waals surface area contributed by atoms with E-state index in [-0.39, 0.29) is 11.8 Å². The summed E-state index contributed by atoms with van der Waals surface area (Å²) in [6.07, 6.45) is 2.96. The molecule has 1 heterocycles. The number of anilines is 2. The predicted octanol–water partition coefficient (Wildman–Crippen LogP) is 4.48. The lowest BCUT2D eigenvalue weighted by Gasteiger charge is -2.12. The summed E-state index contributed by atoms with van der Waals surface area (Å²) in [7, 11) is 1.54. The van der Waals surface area contributed by atoms with Gasteiger partial charge in [0.1, 0.15) is 5.75 Å². The highest BCUT2D eigenvalue weighted by Crippen LogP contribution is 2.30. The van der Waals surface area contributed by atoms with Crippen LogP contribution in [0.4, 0.5) is 11.4 Å². The van der Waals surface area contributed by atoms with Crippen LogP contribution >= 0.6 is 11.3 Å². The fraction of sp³-hybridized carbons (Fsp3) is 0.368. The highest BCUT2D eigenvalue weighted by atomic mass is 32.1. The number of thiophene rings is 1. The van der Waals surface area contributed by atoms with Crippen LogP contribution in [0.5, 0.6) is 5.75 Å². The second kappa shape index (κ2) is 8.67. The van der Waals surface area contributed by atoms with Crippen molar-refractivity contribution in [3.05, 3.63) is 39.6 Å². The average Bonchev–Trinajstić information content (AvgIpc) is 2.98. The number of ether oxygens (including phenoxy) is 1. The zero-order chi connectivity index (χ0) is 18.4. The maximum absolute atomic E-state index is 12.7. The van der Waals surface area contributed by atoms with Crippen molar-refractivity contribution in [2.24, 2.45) is 0 Å². The number of benzene rings is 1. The molecule has 0 saturated heterocycles. The highest BCUT2D eigenvalue weighted by molar-refractivity contribution is 7.14. The van der Waals surface area contributed by atoms with Crippen LogP contribution in [0.2, 0.25) is 0 Å². The fourth-order valence-corrected chi connectivity index (χ4v) is 3.84. The normalized spacial score (nSPS) is 10.4. The molecule has 2 amide bonds. The Morgan fingerprint density at radius 2 is 1.92 bits per heavy atom. The topological polar surface area (TPSA) is 67.4 Å². The number of amides is 2. The molecule has 134 valence electrons. The SMILES string of the molecule is CCCc1sc(C(=O)Nc2cc(NC(C)=O)ccc2OC)cc1CC. The largest absolute Gasteiger partial charge is 0.495 e. The van der Waals surface area contributed by atoms with Crippen molar-refractivity contribution >= 4 is 34.5 Å². The van der Waals surface area contributed by atoms with E-state index in [1.165, 1.54) is 17.4 Å². The predicted molar refractivity (Wildman–Crippen MR) is 103 cm³/mol. The molecule has 1 aromatic carbocycles. The van der Waals surface area contributed by atoms with Gasteiger partial charge in [0.25, 0.3) is 5.91 Å². The first-order valence-corrected chi connectivity index (χ1v) is 9.18. The van der Waals surface area contributed by atoms with Crippen molar-refractivity contribution in [2.45, 2.75) is 40.0 Å². The van der Waals surface area contributed by atoms with E-state index >= 15 is 0 Å². The first-order valence-electron chi connectivity index (χ1n) is 8.37. The third kappa shape index (κ3) is 4.82. The van der Waals surface area contributed by atoms with Crippen LogP contribution in [-0.2, 0) is 17.6 Å². The summed E-state index contributed by atoms with van der Waals surface area (Å²) in [5.41, 5.74) is 2.37. The number of rotatable bonds is 7.